The van der Waals surface area contributed by atoms with Crippen LogP contribution in [0.1, 0.15) is 29.2 Å². The number of fused-ring (bicyclic) bond motifs is 2. The summed E-state index contributed by atoms with van der Waals surface area (Å²) in [5.41, 5.74) is 1.46. The highest BCUT2D eigenvalue weighted by Crippen LogP contribution is 2.40. The van der Waals surface area contributed by atoms with E-state index in [9.17, 15) is 39.5 Å². The van der Waals surface area contributed by atoms with Gasteiger partial charge in [0.25, 0.3) is 0 Å². The monoisotopic (exact) mass is 658 g/mol. The van der Waals surface area contributed by atoms with Gasteiger partial charge in [-0.3, -0.25) is 9.80 Å². The van der Waals surface area contributed by atoms with Gasteiger partial charge in [0.2, 0.25) is 0 Å². The van der Waals surface area contributed by atoms with Crippen LogP contribution in [0.3, 0.4) is 0 Å². The number of thiophene rings is 1. The number of piperidine rings is 1. The molecule has 0 aliphatic carbocycles. The van der Waals surface area contributed by atoms with E-state index in [2.05, 4.69) is 45.9 Å². The molecule has 4 heterocycles. The first-order valence-corrected chi connectivity index (χ1v) is 12.8. The number of aliphatic carboxylic acids is 3. The maximum atomic E-state index is 10.6. The number of likely N-dealkylation sites (tertiary alicyclic amines) is 1. The number of nitrogens with zero attached hydrogens (tertiary/aromatic N) is 4. The van der Waals surface area contributed by atoms with E-state index in [0.717, 1.165) is 32.7 Å². The molecule has 3 N–H and O–H groups in total. The second-order valence-electron chi connectivity index (χ2n) is 9.09. The van der Waals surface area contributed by atoms with Crippen molar-refractivity contribution in [1.82, 2.24) is 19.4 Å². The second kappa shape index (κ2) is 14.9. The normalized spacial score (nSPS) is 16.8. The van der Waals surface area contributed by atoms with Crippen LogP contribution >= 0.6 is 11.3 Å². The first-order chi connectivity index (χ1) is 19.5. The maximum Gasteiger partial charge on any atom is 0.490 e. The lowest BCUT2D eigenvalue weighted by Crippen LogP contribution is -2.56. The molecule has 244 valence electrons. The molecule has 0 atom stereocenters. The third kappa shape index (κ3) is 11.3. The SMILES string of the molecule is Cc1cnc2n1CCN(C)C21CCN(Cc2cccs2)CC1.O=C(O)C(F)(F)F.O=C(O)C(F)(F)F.O=C(O)C(F)(F)F. The number of rotatable bonds is 2. The van der Waals surface area contributed by atoms with Crippen molar-refractivity contribution in [3.8, 4) is 0 Å². The number of carboxylic acid groups (broad SMARTS) is 3. The number of hydrogen-bond donors (Lipinski definition) is 3. The highest BCUT2D eigenvalue weighted by atomic mass is 32.1. The van der Waals surface area contributed by atoms with E-state index in [1.807, 2.05) is 17.5 Å². The lowest BCUT2D eigenvalue weighted by Gasteiger charge is -2.49. The zero-order chi connectivity index (χ0) is 33.4. The Morgan fingerprint density at radius 1 is 0.860 bits per heavy atom. The van der Waals surface area contributed by atoms with Gasteiger partial charge in [0, 0.05) is 49.5 Å². The number of aryl methyl sites for hydroxylation is 1. The molecule has 0 unspecified atom stereocenters. The van der Waals surface area contributed by atoms with E-state index in [1.165, 1.54) is 29.2 Å². The van der Waals surface area contributed by atoms with E-state index in [0.29, 0.717) is 0 Å². The van der Waals surface area contributed by atoms with E-state index < -0.39 is 36.4 Å². The molecule has 2 aromatic heterocycles. The molecule has 1 saturated heterocycles. The summed E-state index contributed by atoms with van der Waals surface area (Å²) in [4.78, 5) is 38.1. The van der Waals surface area contributed by atoms with Gasteiger partial charge in [-0.2, -0.15) is 39.5 Å². The Kier molecular flexibility index (Phi) is 13.0. The Morgan fingerprint density at radius 3 is 1.67 bits per heavy atom. The van der Waals surface area contributed by atoms with Crippen LogP contribution in [0, 0.1) is 6.92 Å². The Labute approximate surface area is 241 Å². The predicted molar refractivity (Wildman–Crippen MR) is 131 cm³/mol. The summed E-state index contributed by atoms with van der Waals surface area (Å²) in [5.74, 6) is -6.97. The van der Waals surface area contributed by atoms with Gasteiger partial charge in [-0.05, 0) is 38.3 Å². The summed E-state index contributed by atoms with van der Waals surface area (Å²) >= 11 is 1.87. The number of likely N-dealkylation sites (N-methyl/N-ethyl adjacent to an activating group) is 1. The number of imidazole rings is 1. The molecule has 0 saturated carbocycles. The molecule has 10 nitrogen and oxygen atoms in total. The fourth-order valence-electron chi connectivity index (χ4n) is 4.06. The summed E-state index contributed by atoms with van der Waals surface area (Å²) in [7, 11) is 2.28. The Balaban J connectivity index is 0.000000363. The largest absolute Gasteiger partial charge is 0.490 e. The van der Waals surface area contributed by atoms with Crippen LogP contribution in [0.5, 0.6) is 0 Å². The smallest absolute Gasteiger partial charge is 0.475 e. The minimum absolute atomic E-state index is 0.151. The molecule has 1 fully saturated rings. The van der Waals surface area contributed by atoms with E-state index in [-0.39, 0.29) is 5.54 Å². The van der Waals surface area contributed by atoms with E-state index in [1.54, 1.807) is 0 Å². The molecule has 4 rings (SSSR count). The van der Waals surface area contributed by atoms with Crippen LogP contribution in [0.15, 0.2) is 23.7 Å². The van der Waals surface area contributed by atoms with Crippen LogP contribution in [0.25, 0.3) is 0 Å². The zero-order valence-electron chi connectivity index (χ0n) is 22.4. The molecular weight excluding hydrogens is 631 g/mol. The Hall–Kier alpha value is -3.39. The van der Waals surface area contributed by atoms with Gasteiger partial charge in [0.15, 0.2) is 0 Å². The minimum atomic E-state index is -5.08. The number of halogens is 9. The summed E-state index contributed by atoms with van der Waals surface area (Å²) < 4.78 is 97.6. The fraction of sp³-hybridized carbons (Fsp3) is 0.565. The van der Waals surface area contributed by atoms with Crippen LogP contribution in [0.2, 0.25) is 0 Å². The second-order valence-corrected chi connectivity index (χ2v) is 10.1. The average Bonchev–Trinajstić information content (AvgIpc) is 3.52. The Bertz CT molecular complexity index is 1150. The van der Waals surface area contributed by atoms with Gasteiger partial charge >= 0.3 is 36.4 Å². The lowest BCUT2D eigenvalue weighted by molar-refractivity contribution is -0.193. The summed E-state index contributed by atoms with van der Waals surface area (Å²) in [6.45, 7) is 7.82. The van der Waals surface area contributed by atoms with Crippen molar-refractivity contribution >= 4 is 29.2 Å². The fourth-order valence-corrected chi connectivity index (χ4v) is 4.80. The predicted octanol–water partition coefficient (Wildman–Crippen LogP) is 4.59. The summed E-state index contributed by atoms with van der Waals surface area (Å²) in [6, 6.07) is 4.40. The molecule has 43 heavy (non-hydrogen) atoms. The van der Waals surface area contributed by atoms with Crippen LogP contribution in [-0.2, 0) is 33.0 Å². The molecule has 2 aliphatic heterocycles. The molecule has 0 bridgehead atoms. The van der Waals surface area contributed by atoms with Gasteiger partial charge < -0.3 is 19.9 Å². The molecule has 0 aromatic carbocycles. The minimum Gasteiger partial charge on any atom is -0.475 e. The van der Waals surface area contributed by atoms with Gasteiger partial charge in [-0.15, -0.1) is 11.3 Å². The van der Waals surface area contributed by atoms with Gasteiger partial charge in [0.05, 0.1) is 5.54 Å². The van der Waals surface area contributed by atoms with Crippen molar-refractivity contribution < 1.29 is 69.2 Å². The van der Waals surface area contributed by atoms with Crippen molar-refractivity contribution in [2.24, 2.45) is 0 Å². The molecule has 2 aliphatic rings. The molecule has 0 amide bonds. The topological polar surface area (TPSA) is 136 Å². The van der Waals surface area contributed by atoms with Crippen LogP contribution in [-0.4, -0.2) is 97.8 Å². The van der Waals surface area contributed by atoms with Crippen LogP contribution < -0.4 is 0 Å². The van der Waals surface area contributed by atoms with Crippen molar-refractivity contribution in [3.05, 3.63) is 40.1 Å². The zero-order valence-corrected chi connectivity index (χ0v) is 23.2. The standard InChI is InChI=1S/C17H24N4S.3C2HF3O2/c1-14-12-18-16-17(19(2)9-10-21(14)16)5-7-20(8-6-17)13-15-4-3-11-22-15;3*3-2(4,5)1(6)7/h3-4,11-12H,5-10,13H2,1-2H3;3*(H,6,7). The number of carboxylic acids is 3. The van der Waals surface area contributed by atoms with Crippen molar-refractivity contribution in [2.45, 2.75) is 56.9 Å². The Morgan fingerprint density at radius 2 is 1.30 bits per heavy atom. The molecule has 0 radical (unpaired) electrons. The first kappa shape index (κ1) is 37.6. The van der Waals surface area contributed by atoms with Crippen molar-refractivity contribution in [1.29, 1.82) is 0 Å². The van der Waals surface area contributed by atoms with Crippen LogP contribution in [0.4, 0.5) is 39.5 Å². The highest BCUT2D eigenvalue weighted by Gasteiger charge is 2.45. The molecule has 1 spiro atoms. The number of aromatic nitrogens is 2. The molecule has 20 heteroatoms. The van der Waals surface area contributed by atoms with Gasteiger partial charge in [0.1, 0.15) is 5.82 Å². The van der Waals surface area contributed by atoms with E-state index >= 15 is 0 Å². The first-order valence-electron chi connectivity index (χ1n) is 11.9. The quantitative estimate of drug-likeness (QED) is 0.396. The summed E-state index contributed by atoms with van der Waals surface area (Å²) in [6.07, 6.45) is -10.8. The van der Waals surface area contributed by atoms with E-state index in [4.69, 9.17) is 34.7 Å². The van der Waals surface area contributed by atoms with Gasteiger partial charge in [-0.1, -0.05) is 6.07 Å². The van der Waals surface area contributed by atoms with Crippen molar-refractivity contribution in [2.75, 3.05) is 26.7 Å². The highest BCUT2D eigenvalue weighted by molar-refractivity contribution is 7.09. The maximum absolute atomic E-state index is 10.6. The van der Waals surface area contributed by atoms with Gasteiger partial charge in [-0.25, -0.2) is 19.4 Å². The average molecular weight is 659 g/mol. The molecule has 2 aromatic rings. The summed E-state index contributed by atoms with van der Waals surface area (Å²) in [5, 5.41) is 23.6. The molecular formula is C23H27F9N4O6S. The number of hydrogen-bond acceptors (Lipinski definition) is 7. The third-order valence-corrected chi connectivity index (χ3v) is 7.09. The van der Waals surface area contributed by atoms with Crippen molar-refractivity contribution in [3.63, 3.8) is 0 Å². The lowest BCUT2D eigenvalue weighted by atomic mass is 9.83. The number of alkyl halides is 9. The number of carbonyl (C=O) groups is 3. The third-order valence-electron chi connectivity index (χ3n) is 6.23.